The fraction of sp³-hybridized carbons (Fsp3) is 0.500. The van der Waals surface area contributed by atoms with Crippen LogP contribution in [-0.4, -0.2) is 53.1 Å². The van der Waals surface area contributed by atoms with E-state index in [0.29, 0.717) is 34.5 Å². The van der Waals surface area contributed by atoms with Crippen molar-refractivity contribution in [3.8, 4) is 5.75 Å². The van der Waals surface area contributed by atoms with Gasteiger partial charge >= 0.3 is 0 Å². The van der Waals surface area contributed by atoms with E-state index in [9.17, 15) is 14.0 Å². The van der Waals surface area contributed by atoms with Crippen molar-refractivity contribution in [3.05, 3.63) is 62.3 Å². The number of benzene rings is 1. The van der Waals surface area contributed by atoms with Crippen LogP contribution < -0.4 is 10.3 Å². The zero-order valence-corrected chi connectivity index (χ0v) is 19.1. The molecule has 2 fully saturated rings. The Morgan fingerprint density at radius 1 is 1.22 bits per heavy atom. The van der Waals surface area contributed by atoms with Crippen molar-refractivity contribution in [2.75, 3.05) is 26.7 Å². The van der Waals surface area contributed by atoms with Crippen LogP contribution in [0.15, 0.2) is 29.2 Å². The molecule has 1 spiro atoms. The highest BCUT2D eigenvalue weighted by Gasteiger charge is 2.53. The highest BCUT2D eigenvalue weighted by molar-refractivity contribution is 6.34. The topological polar surface area (TPSA) is 54.8 Å². The average molecular weight is 460 g/mol. The molecule has 6 nitrogen and oxygen atoms in total. The number of ether oxygens (including phenoxy) is 1. The number of hydrogen-bond donors (Lipinski definition) is 0. The Hall–Kier alpha value is -2.38. The first-order chi connectivity index (χ1) is 15.2. The van der Waals surface area contributed by atoms with Crippen LogP contribution in [0.3, 0.4) is 0 Å². The molecule has 1 aliphatic carbocycles. The van der Waals surface area contributed by atoms with E-state index in [2.05, 4.69) is 4.90 Å². The van der Waals surface area contributed by atoms with Crippen molar-refractivity contribution < 1.29 is 13.9 Å². The van der Waals surface area contributed by atoms with Gasteiger partial charge in [0.15, 0.2) is 0 Å². The number of likely N-dealkylation sites (tertiary alicyclic amines) is 1. The van der Waals surface area contributed by atoms with Crippen LogP contribution in [0.2, 0.25) is 5.02 Å². The molecule has 32 heavy (non-hydrogen) atoms. The van der Waals surface area contributed by atoms with Crippen LogP contribution in [0.5, 0.6) is 5.75 Å². The standard InChI is InChI=1S/C24H27ClFN3O3/c1-27-12-19(26)15(8-21(27)30)4-3-7-29-13-24(14-29)9-16(10-24)32-20-6-5-18(25)22-17(20)11-28(2)23(22)31/h5-6,8,12,16H,3-4,7,9-11,13-14H2,1-2H3. The fourth-order valence-electron chi connectivity index (χ4n) is 5.41. The highest BCUT2D eigenvalue weighted by Crippen LogP contribution is 2.50. The second-order valence-corrected chi connectivity index (χ2v) is 10.0. The van der Waals surface area contributed by atoms with Gasteiger partial charge in [0.1, 0.15) is 11.6 Å². The molecule has 8 heteroatoms. The van der Waals surface area contributed by atoms with Crippen LogP contribution in [0.4, 0.5) is 4.39 Å². The van der Waals surface area contributed by atoms with Crippen LogP contribution in [-0.2, 0) is 20.0 Å². The largest absolute Gasteiger partial charge is 0.490 e. The van der Waals surface area contributed by atoms with Crippen LogP contribution in [0.1, 0.15) is 40.7 Å². The quantitative estimate of drug-likeness (QED) is 0.665. The number of halogens is 2. The predicted molar refractivity (Wildman–Crippen MR) is 120 cm³/mol. The van der Waals surface area contributed by atoms with Crippen molar-refractivity contribution in [2.45, 2.75) is 38.3 Å². The monoisotopic (exact) mass is 459 g/mol. The van der Waals surface area contributed by atoms with Gasteiger partial charge in [-0.15, -0.1) is 0 Å². The summed E-state index contributed by atoms with van der Waals surface area (Å²) in [6, 6.07) is 5.03. The Balaban J connectivity index is 1.09. The van der Waals surface area contributed by atoms with Gasteiger partial charge in [-0.1, -0.05) is 11.6 Å². The lowest BCUT2D eigenvalue weighted by molar-refractivity contribution is -0.119. The van der Waals surface area contributed by atoms with Gasteiger partial charge < -0.3 is 19.1 Å². The predicted octanol–water partition coefficient (Wildman–Crippen LogP) is 3.24. The van der Waals surface area contributed by atoms with Gasteiger partial charge in [-0.05, 0) is 49.9 Å². The normalized spacial score (nSPS) is 19.8. The van der Waals surface area contributed by atoms with Crippen molar-refractivity contribution in [1.82, 2.24) is 14.4 Å². The number of hydrogen-bond acceptors (Lipinski definition) is 4. The minimum atomic E-state index is -0.312. The number of rotatable bonds is 6. The van der Waals surface area contributed by atoms with Crippen molar-refractivity contribution in [3.63, 3.8) is 0 Å². The van der Waals surface area contributed by atoms with E-state index in [1.165, 1.54) is 16.8 Å². The van der Waals surface area contributed by atoms with Gasteiger partial charge in [0.2, 0.25) is 0 Å². The summed E-state index contributed by atoms with van der Waals surface area (Å²) in [6.07, 6.45) is 4.85. The first kappa shape index (κ1) is 21.5. The molecular weight excluding hydrogens is 433 g/mol. The number of fused-ring (bicyclic) bond motifs is 1. The number of amides is 1. The van der Waals surface area contributed by atoms with Crippen molar-refractivity contribution >= 4 is 17.5 Å². The maximum atomic E-state index is 14.0. The van der Waals surface area contributed by atoms with Gasteiger partial charge in [-0.25, -0.2) is 4.39 Å². The third kappa shape index (κ3) is 3.71. The summed E-state index contributed by atoms with van der Waals surface area (Å²) >= 11 is 6.24. The molecule has 0 bridgehead atoms. The molecule has 1 saturated carbocycles. The molecule has 1 aromatic carbocycles. The Morgan fingerprint density at radius 2 is 1.97 bits per heavy atom. The second-order valence-electron chi connectivity index (χ2n) is 9.62. The minimum Gasteiger partial charge on any atom is -0.490 e. The van der Waals surface area contributed by atoms with Gasteiger partial charge in [-0.2, -0.15) is 0 Å². The zero-order valence-electron chi connectivity index (χ0n) is 18.4. The number of carbonyl (C=O) groups excluding carboxylic acids is 1. The number of aromatic nitrogens is 1. The summed E-state index contributed by atoms with van der Waals surface area (Å²) in [7, 11) is 3.33. The molecular formula is C24H27ClFN3O3. The van der Waals surface area contributed by atoms with Crippen molar-refractivity contribution in [2.24, 2.45) is 12.5 Å². The molecule has 0 N–H and O–H groups in total. The summed E-state index contributed by atoms with van der Waals surface area (Å²) < 4.78 is 21.5. The zero-order chi connectivity index (χ0) is 22.6. The molecule has 0 atom stereocenters. The van der Waals surface area contributed by atoms with E-state index < -0.39 is 0 Å². The number of pyridine rings is 1. The van der Waals surface area contributed by atoms with E-state index in [0.717, 1.165) is 50.2 Å². The third-order valence-corrected chi connectivity index (χ3v) is 7.40. The van der Waals surface area contributed by atoms with Gasteiger partial charge in [0.05, 0.1) is 23.2 Å². The maximum Gasteiger partial charge on any atom is 0.255 e. The molecule has 5 rings (SSSR count). The summed E-state index contributed by atoms with van der Waals surface area (Å²) in [5.41, 5.74) is 2.11. The molecule has 170 valence electrons. The van der Waals surface area contributed by atoms with E-state index in [-0.39, 0.29) is 23.4 Å². The SMILES string of the molecule is CN1Cc2c(OC3CC4(C3)CN(CCCc3cc(=O)n(C)cc3F)C4)ccc(Cl)c2C1=O. The average Bonchev–Trinajstić information content (AvgIpc) is 2.99. The van der Waals surface area contributed by atoms with E-state index in [1.807, 2.05) is 6.07 Å². The second kappa shape index (κ2) is 7.89. The molecule has 1 amide bonds. The lowest BCUT2D eigenvalue weighted by Crippen LogP contribution is -2.64. The molecule has 1 saturated heterocycles. The number of carbonyl (C=O) groups is 1. The minimum absolute atomic E-state index is 0.0501. The first-order valence-corrected chi connectivity index (χ1v) is 11.4. The molecule has 0 unspecified atom stereocenters. The van der Waals surface area contributed by atoms with E-state index in [1.54, 1.807) is 25.1 Å². The van der Waals surface area contributed by atoms with E-state index >= 15 is 0 Å². The molecule has 2 aromatic rings. The number of nitrogens with zero attached hydrogens (tertiary/aromatic N) is 3. The van der Waals surface area contributed by atoms with Gasteiger partial charge in [0, 0.05) is 50.4 Å². The summed E-state index contributed by atoms with van der Waals surface area (Å²) in [5.74, 6) is 0.410. The summed E-state index contributed by atoms with van der Waals surface area (Å²) in [4.78, 5) is 28.1. The van der Waals surface area contributed by atoms with Crippen LogP contribution in [0.25, 0.3) is 0 Å². The lowest BCUT2D eigenvalue weighted by Gasteiger charge is -2.58. The van der Waals surface area contributed by atoms with Crippen LogP contribution >= 0.6 is 11.6 Å². The van der Waals surface area contributed by atoms with Crippen LogP contribution in [0, 0.1) is 11.2 Å². The number of aryl methyl sites for hydroxylation is 2. The fourth-order valence-corrected chi connectivity index (χ4v) is 5.67. The summed E-state index contributed by atoms with van der Waals surface area (Å²) in [5, 5.41) is 0.483. The van der Waals surface area contributed by atoms with Crippen molar-refractivity contribution in [1.29, 1.82) is 0 Å². The third-order valence-electron chi connectivity index (χ3n) is 7.09. The van der Waals surface area contributed by atoms with Gasteiger partial charge in [-0.3, -0.25) is 9.59 Å². The van der Waals surface area contributed by atoms with Gasteiger partial charge in [0.25, 0.3) is 11.5 Å². The highest BCUT2D eigenvalue weighted by atomic mass is 35.5. The lowest BCUT2D eigenvalue weighted by atomic mass is 9.61. The molecule has 2 aliphatic heterocycles. The summed E-state index contributed by atoms with van der Waals surface area (Å²) in [6.45, 7) is 3.50. The Bertz CT molecular complexity index is 1130. The van der Waals surface area contributed by atoms with E-state index in [4.69, 9.17) is 16.3 Å². The Labute approximate surface area is 191 Å². The molecule has 3 heterocycles. The maximum absolute atomic E-state index is 14.0. The first-order valence-electron chi connectivity index (χ1n) is 11.1. The smallest absolute Gasteiger partial charge is 0.255 e. The Morgan fingerprint density at radius 3 is 2.72 bits per heavy atom. The molecule has 0 radical (unpaired) electrons. The molecule has 1 aromatic heterocycles. The molecule has 3 aliphatic rings. The Kier molecular flexibility index (Phi) is 5.29.